The van der Waals surface area contributed by atoms with E-state index in [-0.39, 0.29) is 17.4 Å². The van der Waals surface area contributed by atoms with E-state index in [2.05, 4.69) is 30.7 Å². The first-order chi connectivity index (χ1) is 15.8. The Balaban J connectivity index is 1.51. The first-order valence-electron chi connectivity index (χ1n) is 12.1. The molecule has 33 heavy (non-hydrogen) atoms. The topological polar surface area (TPSA) is 56.8 Å². The van der Waals surface area contributed by atoms with Gasteiger partial charge in [0.05, 0.1) is 0 Å². The number of carbonyl (C=O) groups is 2. The minimum atomic E-state index is -0.727. The average Bonchev–Trinajstić information content (AvgIpc) is 2.98. The maximum absolute atomic E-state index is 13.8. The number of piperidine rings is 1. The zero-order valence-corrected chi connectivity index (χ0v) is 20.2. The van der Waals surface area contributed by atoms with Gasteiger partial charge >= 0.3 is 6.03 Å². The molecule has 3 heterocycles. The molecule has 2 fully saturated rings. The summed E-state index contributed by atoms with van der Waals surface area (Å²) in [6.07, 6.45) is 6.54. The van der Waals surface area contributed by atoms with Crippen molar-refractivity contribution in [1.82, 2.24) is 19.7 Å². The summed E-state index contributed by atoms with van der Waals surface area (Å²) in [4.78, 5) is 37.3. The molecule has 2 aliphatic rings. The number of nitrogens with zero attached hydrogens (tertiary/aromatic N) is 4. The highest BCUT2D eigenvalue weighted by molar-refractivity contribution is 6.07. The van der Waals surface area contributed by atoms with Crippen molar-refractivity contribution in [3.63, 3.8) is 0 Å². The Bertz CT molecular complexity index is 947. The second kappa shape index (κ2) is 9.64. The first-order valence-corrected chi connectivity index (χ1v) is 12.1. The Hall–Kier alpha value is -2.73. The fourth-order valence-electron chi connectivity index (χ4n) is 5.19. The maximum atomic E-state index is 13.8. The highest BCUT2D eigenvalue weighted by Crippen LogP contribution is 2.39. The molecular formula is C27H36N4O2. The molecule has 0 radical (unpaired) electrons. The van der Waals surface area contributed by atoms with Crippen molar-refractivity contribution >= 4 is 11.9 Å². The first kappa shape index (κ1) is 23.4. The number of pyridine rings is 1. The number of aromatic nitrogens is 1. The Morgan fingerprint density at radius 3 is 2.30 bits per heavy atom. The Morgan fingerprint density at radius 2 is 1.67 bits per heavy atom. The van der Waals surface area contributed by atoms with Gasteiger partial charge in [-0.3, -0.25) is 14.7 Å². The summed E-state index contributed by atoms with van der Waals surface area (Å²) in [5.41, 5.74) is 1.67. The molecular weight excluding hydrogens is 412 g/mol. The van der Waals surface area contributed by atoms with Crippen molar-refractivity contribution < 1.29 is 9.59 Å². The van der Waals surface area contributed by atoms with Crippen molar-refractivity contribution in [2.24, 2.45) is 5.41 Å². The quantitative estimate of drug-likeness (QED) is 0.591. The fraction of sp³-hybridized carbons (Fsp3) is 0.519. The molecule has 0 N–H and O–H groups in total. The third kappa shape index (κ3) is 5.27. The normalized spacial score (nSPS) is 19.0. The lowest BCUT2D eigenvalue weighted by molar-refractivity contribution is -0.136. The third-order valence-electron chi connectivity index (χ3n) is 6.76. The van der Waals surface area contributed by atoms with Crippen LogP contribution >= 0.6 is 0 Å². The molecule has 2 aliphatic heterocycles. The number of hydrogen-bond donors (Lipinski definition) is 0. The smallest absolute Gasteiger partial charge is 0.305 e. The van der Waals surface area contributed by atoms with E-state index in [1.807, 2.05) is 53.6 Å². The van der Waals surface area contributed by atoms with Gasteiger partial charge in [-0.05, 0) is 48.3 Å². The van der Waals surface area contributed by atoms with Crippen LogP contribution in [-0.4, -0.2) is 63.3 Å². The van der Waals surface area contributed by atoms with Crippen LogP contribution in [0.2, 0.25) is 0 Å². The molecule has 2 aromatic rings. The number of hydrogen-bond acceptors (Lipinski definition) is 4. The van der Waals surface area contributed by atoms with Gasteiger partial charge in [0.1, 0.15) is 5.54 Å². The van der Waals surface area contributed by atoms with Gasteiger partial charge in [0.25, 0.3) is 5.91 Å². The molecule has 0 unspecified atom stereocenters. The van der Waals surface area contributed by atoms with Gasteiger partial charge < -0.3 is 9.80 Å². The molecule has 1 aromatic carbocycles. The number of aryl methyl sites for hydroxylation is 1. The molecule has 0 aliphatic carbocycles. The second-order valence-electron chi connectivity index (χ2n) is 10.6. The molecule has 1 aromatic heterocycles. The summed E-state index contributed by atoms with van der Waals surface area (Å²) in [7, 11) is 0. The predicted octanol–water partition coefficient (Wildman–Crippen LogP) is 4.36. The summed E-state index contributed by atoms with van der Waals surface area (Å²) in [6, 6.07) is 13.8. The summed E-state index contributed by atoms with van der Waals surface area (Å²) in [5, 5.41) is 0. The highest BCUT2D eigenvalue weighted by atomic mass is 16.2. The van der Waals surface area contributed by atoms with Gasteiger partial charge in [0.15, 0.2) is 0 Å². The monoisotopic (exact) mass is 448 g/mol. The molecule has 6 nitrogen and oxygen atoms in total. The number of carbonyl (C=O) groups excluding carboxylic acids is 2. The highest BCUT2D eigenvalue weighted by Gasteiger charge is 2.57. The molecule has 3 amide bonds. The van der Waals surface area contributed by atoms with Gasteiger partial charge in [0.2, 0.25) is 0 Å². The molecule has 0 bridgehead atoms. The lowest BCUT2D eigenvalue weighted by Gasteiger charge is -2.43. The SMILES string of the molecule is CC(C)(C)CN1CCC2(CC1)C(=O)N(CCCc1cccnc1)C(=O)N2Cc1ccccc1. The third-order valence-corrected chi connectivity index (χ3v) is 6.76. The molecule has 1 spiro atoms. The van der Waals surface area contributed by atoms with Crippen molar-refractivity contribution in [3.05, 3.63) is 66.0 Å². The molecule has 6 heteroatoms. The summed E-state index contributed by atoms with van der Waals surface area (Å²) in [6.45, 7) is 10.3. The van der Waals surface area contributed by atoms with Crippen LogP contribution in [0.4, 0.5) is 4.79 Å². The summed E-state index contributed by atoms with van der Waals surface area (Å²) >= 11 is 0. The molecule has 2 saturated heterocycles. The lowest BCUT2D eigenvalue weighted by atomic mass is 9.84. The van der Waals surface area contributed by atoms with Gasteiger partial charge in [-0.15, -0.1) is 0 Å². The van der Waals surface area contributed by atoms with E-state index in [0.29, 0.717) is 25.9 Å². The predicted molar refractivity (Wildman–Crippen MR) is 130 cm³/mol. The van der Waals surface area contributed by atoms with E-state index in [1.165, 1.54) is 4.90 Å². The van der Waals surface area contributed by atoms with Crippen LogP contribution < -0.4 is 0 Å². The number of benzene rings is 1. The van der Waals surface area contributed by atoms with Crippen LogP contribution in [-0.2, 0) is 17.8 Å². The van der Waals surface area contributed by atoms with Crippen molar-refractivity contribution in [3.8, 4) is 0 Å². The van der Waals surface area contributed by atoms with Gasteiger partial charge in [0, 0.05) is 45.1 Å². The fourth-order valence-corrected chi connectivity index (χ4v) is 5.19. The summed E-state index contributed by atoms with van der Waals surface area (Å²) in [5.74, 6) is -0.00923. The van der Waals surface area contributed by atoms with Crippen LogP contribution in [0.15, 0.2) is 54.9 Å². The van der Waals surface area contributed by atoms with E-state index in [4.69, 9.17) is 0 Å². The van der Waals surface area contributed by atoms with E-state index < -0.39 is 5.54 Å². The summed E-state index contributed by atoms with van der Waals surface area (Å²) < 4.78 is 0. The molecule has 176 valence electrons. The van der Waals surface area contributed by atoms with Crippen LogP contribution in [0.25, 0.3) is 0 Å². The zero-order valence-electron chi connectivity index (χ0n) is 20.2. The van der Waals surface area contributed by atoms with E-state index in [9.17, 15) is 9.59 Å². The van der Waals surface area contributed by atoms with Gasteiger partial charge in [-0.1, -0.05) is 57.2 Å². The number of rotatable bonds is 7. The van der Waals surface area contributed by atoms with Crippen LogP contribution in [0.3, 0.4) is 0 Å². The van der Waals surface area contributed by atoms with Gasteiger partial charge in [-0.25, -0.2) is 4.79 Å². The van der Waals surface area contributed by atoms with Crippen molar-refractivity contribution in [1.29, 1.82) is 0 Å². The van der Waals surface area contributed by atoms with Crippen LogP contribution in [0.5, 0.6) is 0 Å². The number of likely N-dealkylation sites (tertiary alicyclic amines) is 1. The van der Waals surface area contributed by atoms with E-state index in [0.717, 1.165) is 43.6 Å². The minimum Gasteiger partial charge on any atom is -0.305 e. The Morgan fingerprint density at radius 1 is 0.970 bits per heavy atom. The number of imide groups is 1. The second-order valence-corrected chi connectivity index (χ2v) is 10.6. The van der Waals surface area contributed by atoms with Crippen LogP contribution in [0, 0.1) is 5.41 Å². The van der Waals surface area contributed by atoms with Crippen molar-refractivity contribution in [2.75, 3.05) is 26.2 Å². The Labute approximate surface area is 197 Å². The van der Waals surface area contributed by atoms with E-state index >= 15 is 0 Å². The van der Waals surface area contributed by atoms with Crippen LogP contribution in [0.1, 0.15) is 51.2 Å². The minimum absolute atomic E-state index is 0.00923. The standard InChI is InChI=1S/C27H36N4O2/c1-26(2,3)21-29-17-13-27(14-18-29)24(32)30(16-8-12-22-11-7-15-28-19-22)25(33)31(27)20-23-9-5-4-6-10-23/h4-7,9-11,15,19H,8,12-14,16-18,20-21H2,1-3H3. The van der Waals surface area contributed by atoms with Gasteiger partial charge in [-0.2, -0.15) is 0 Å². The zero-order chi connectivity index (χ0) is 23.5. The average molecular weight is 449 g/mol. The molecule has 0 atom stereocenters. The van der Waals surface area contributed by atoms with Crippen molar-refractivity contribution in [2.45, 2.75) is 58.5 Å². The molecule has 4 rings (SSSR count). The van der Waals surface area contributed by atoms with E-state index in [1.54, 1.807) is 6.20 Å². The number of amides is 3. The number of urea groups is 1. The Kier molecular flexibility index (Phi) is 6.84. The molecule has 0 saturated carbocycles. The largest absolute Gasteiger partial charge is 0.327 e. The maximum Gasteiger partial charge on any atom is 0.327 e. The lowest BCUT2D eigenvalue weighted by Crippen LogP contribution is -2.57.